The summed E-state index contributed by atoms with van der Waals surface area (Å²) in [6, 6.07) is 2.11. The fourth-order valence-electron chi connectivity index (χ4n) is 1.33. The van der Waals surface area contributed by atoms with E-state index in [-0.39, 0.29) is 23.5 Å². The lowest BCUT2D eigenvalue weighted by atomic mass is 10.2. The van der Waals surface area contributed by atoms with Gasteiger partial charge in [-0.25, -0.2) is 12.8 Å². The average Bonchev–Trinajstić information content (AvgIpc) is 2.20. The molecule has 0 bridgehead atoms. The number of hydrogen-bond donors (Lipinski definition) is 1. The summed E-state index contributed by atoms with van der Waals surface area (Å²) in [5.74, 6) is -0.823. The number of halogens is 1. The Kier molecular flexibility index (Phi) is 4.23. The molecule has 8 heteroatoms. The van der Waals surface area contributed by atoms with E-state index in [1.807, 2.05) is 0 Å². The van der Waals surface area contributed by atoms with Gasteiger partial charge in [-0.1, -0.05) is 0 Å². The first-order chi connectivity index (χ1) is 8.20. The Bertz CT molecular complexity index is 571. The first-order valence-electron chi connectivity index (χ1n) is 5.07. The van der Waals surface area contributed by atoms with Crippen molar-refractivity contribution in [2.45, 2.75) is 6.92 Å². The third-order valence-electron chi connectivity index (χ3n) is 2.26. The van der Waals surface area contributed by atoms with Crippen LogP contribution in [0.25, 0.3) is 0 Å². The zero-order valence-electron chi connectivity index (χ0n) is 9.94. The van der Waals surface area contributed by atoms with E-state index in [4.69, 9.17) is 0 Å². The maximum atomic E-state index is 13.2. The van der Waals surface area contributed by atoms with Crippen LogP contribution in [0.5, 0.6) is 0 Å². The molecular formula is C10H13FN2O4S. The second kappa shape index (κ2) is 5.30. The monoisotopic (exact) mass is 276 g/mol. The molecular weight excluding hydrogens is 263 g/mol. The van der Waals surface area contributed by atoms with Gasteiger partial charge >= 0.3 is 0 Å². The number of anilines is 1. The van der Waals surface area contributed by atoms with Crippen LogP contribution in [-0.4, -0.2) is 31.9 Å². The molecule has 0 radical (unpaired) electrons. The highest BCUT2D eigenvalue weighted by molar-refractivity contribution is 7.90. The van der Waals surface area contributed by atoms with Crippen molar-refractivity contribution >= 4 is 21.2 Å². The summed E-state index contributed by atoms with van der Waals surface area (Å²) in [6.45, 7) is 1.51. The molecule has 0 aliphatic carbocycles. The van der Waals surface area contributed by atoms with Gasteiger partial charge in [-0.15, -0.1) is 0 Å². The zero-order valence-corrected chi connectivity index (χ0v) is 10.8. The summed E-state index contributed by atoms with van der Waals surface area (Å²) in [5.41, 5.74) is -0.0448. The highest BCUT2D eigenvalue weighted by Crippen LogP contribution is 2.27. The van der Waals surface area contributed by atoms with Gasteiger partial charge in [0.2, 0.25) is 0 Å². The molecule has 100 valence electrons. The lowest BCUT2D eigenvalue weighted by Crippen LogP contribution is -2.15. The highest BCUT2D eigenvalue weighted by atomic mass is 32.2. The third kappa shape index (κ3) is 3.95. The highest BCUT2D eigenvalue weighted by Gasteiger charge is 2.17. The van der Waals surface area contributed by atoms with Crippen molar-refractivity contribution < 1.29 is 17.7 Å². The number of benzene rings is 1. The Morgan fingerprint density at radius 1 is 1.44 bits per heavy atom. The maximum Gasteiger partial charge on any atom is 0.295 e. The average molecular weight is 276 g/mol. The van der Waals surface area contributed by atoms with Crippen LogP contribution in [0.3, 0.4) is 0 Å². The molecule has 0 amide bonds. The number of sulfone groups is 1. The number of nitro groups is 1. The molecule has 0 spiro atoms. The first kappa shape index (κ1) is 14.4. The third-order valence-corrected chi connectivity index (χ3v) is 3.21. The quantitative estimate of drug-likeness (QED) is 0.650. The van der Waals surface area contributed by atoms with Gasteiger partial charge in [0, 0.05) is 12.8 Å². The van der Waals surface area contributed by atoms with E-state index in [0.717, 1.165) is 12.3 Å². The number of rotatable bonds is 5. The molecule has 0 unspecified atom stereocenters. The minimum atomic E-state index is -3.15. The van der Waals surface area contributed by atoms with Gasteiger partial charge in [0.15, 0.2) is 0 Å². The van der Waals surface area contributed by atoms with Crippen LogP contribution in [0.4, 0.5) is 15.8 Å². The molecule has 0 heterocycles. The molecule has 1 N–H and O–H groups in total. The van der Waals surface area contributed by atoms with Gasteiger partial charge in [0.05, 0.1) is 16.7 Å². The topological polar surface area (TPSA) is 89.3 Å². The van der Waals surface area contributed by atoms with Crippen molar-refractivity contribution in [3.05, 3.63) is 33.6 Å². The minimum absolute atomic E-state index is 0.0325. The molecule has 1 aromatic carbocycles. The van der Waals surface area contributed by atoms with E-state index in [1.165, 1.54) is 13.0 Å². The second-order valence-electron chi connectivity index (χ2n) is 3.93. The Morgan fingerprint density at radius 3 is 2.56 bits per heavy atom. The summed E-state index contributed by atoms with van der Waals surface area (Å²) in [5, 5.41) is 13.4. The van der Waals surface area contributed by atoms with E-state index < -0.39 is 26.3 Å². The fourth-order valence-corrected chi connectivity index (χ4v) is 1.81. The Hall–Kier alpha value is -1.70. The molecule has 6 nitrogen and oxygen atoms in total. The molecule has 0 saturated heterocycles. The van der Waals surface area contributed by atoms with Gasteiger partial charge in [0.1, 0.15) is 21.3 Å². The van der Waals surface area contributed by atoms with Crippen molar-refractivity contribution in [3.8, 4) is 0 Å². The summed E-state index contributed by atoms with van der Waals surface area (Å²) in [6.07, 6.45) is 1.07. The summed E-state index contributed by atoms with van der Waals surface area (Å²) in [7, 11) is -3.15. The maximum absolute atomic E-state index is 13.2. The van der Waals surface area contributed by atoms with Crippen LogP contribution in [0.1, 0.15) is 5.56 Å². The van der Waals surface area contributed by atoms with Gasteiger partial charge in [-0.3, -0.25) is 10.1 Å². The molecule has 1 aromatic rings. The van der Waals surface area contributed by atoms with E-state index in [1.54, 1.807) is 0 Å². The number of nitrogens with one attached hydrogen (secondary N) is 1. The number of nitrogens with zero attached hydrogens (tertiary/aromatic N) is 1. The first-order valence-corrected chi connectivity index (χ1v) is 7.13. The molecule has 0 aromatic heterocycles. The van der Waals surface area contributed by atoms with Gasteiger partial charge < -0.3 is 5.32 Å². The van der Waals surface area contributed by atoms with Crippen LogP contribution in [0, 0.1) is 22.9 Å². The van der Waals surface area contributed by atoms with Crippen molar-refractivity contribution in [3.63, 3.8) is 0 Å². The standard InChI is InChI=1S/C10H13FN2O4S/c1-7-5-9(12-3-4-18(2,16)17)10(13(14)15)6-8(7)11/h5-6,12H,3-4H2,1-2H3. The van der Waals surface area contributed by atoms with Crippen molar-refractivity contribution in [1.29, 1.82) is 0 Å². The molecule has 0 aliphatic rings. The minimum Gasteiger partial charge on any atom is -0.378 e. The van der Waals surface area contributed by atoms with E-state index in [0.29, 0.717) is 0 Å². The Morgan fingerprint density at radius 2 is 2.06 bits per heavy atom. The summed E-state index contributed by atoms with van der Waals surface area (Å²) in [4.78, 5) is 10.0. The van der Waals surface area contributed by atoms with Gasteiger partial charge in [-0.2, -0.15) is 0 Å². The zero-order chi connectivity index (χ0) is 13.9. The normalized spacial score (nSPS) is 11.3. The molecule has 0 aliphatic heterocycles. The van der Waals surface area contributed by atoms with Crippen LogP contribution < -0.4 is 5.32 Å². The molecule has 18 heavy (non-hydrogen) atoms. The van der Waals surface area contributed by atoms with Crippen LogP contribution in [0.15, 0.2) is 12.1 Å². The smallest absolute Gasteiger partial charge is 0.295 e. The predicted molar refractivity (Wildman–Crippen MR) is 66.0 cm³/mol. The summed E-state index contributed by atoms with van der Waals surface area (Å²) < 4.78 is 35.1. The van der Waals surface area contributed by atoms with Crippen LogP contribution in [-0.2, 0) is 9.84 Å². The van der Waals surface area contributed by atoms with Crippen LogP contribution in [0.2, 0.25) is 0 Å². The lowest BCUT2D eigenvalue weighted by molar-refractivity contribution is -0.384. The predicted octanol–water partition coefficient (Wildman–Crippen LogP) is 1.50. The molecule has 0 saturated carbocycles. The van der Waals surface area contributed by atoms with Crippen molar-refractivity contribution in [2.75, 3.05) is 23.9 Å². The molecule has 1 rings (SSSR count). The molecule has 0 atom stereocenters. The largest absolute Gasteiger partial charge is 0.378 e. The van der Waals surface area contributed by atoms with Gasteiger partial charge in [-0.05, 0) is 18.6 Å². The lowest BCUT2D eigenvalue weighted by Gasteiger charge is -2.08. The summed E-state index contributed by atoms with van der Waals surface area (Å²) >= 11 is 0. The van der Waals surface area contributed by atoms with Crippen molar-refractivity contribution in [1.82, 2.24) is 0 Å². The Balaban J connectivity index is 2.94. The number of aryl methyl sites for hydroxylation is 1. The van der Waals surface area contributed by atoms with Gasteiger partial charge in [0.25, 0.3) is 5.69 Å². The number of nitro benzene ring substituents is 1. The van der Waals surface area contributed by atoms with E-state index >= 15 is 0 Å². The second-order valence-corrected chi connectivity index (χ2v) is 6.19. The van der Waals surface area contributed by atoms with E-state index in [9.17, 15) is 22.9 Å². The molecule has 0 fully saturated rings. The SMILES string of the molecule is Cc1cc(NCCS(C)(=O)=O)c([N+](=O)[O-])cc1F. The van der Waals surface area contributed by atoms with E-state index in [2.05, 4.69) is 5.32 Å². The number of hydrogen-bond acceptors (Lipinski definition) is 5. The van der Waals surface area contributed by atoms with Crippen LogP contribution >= 0.6 is 0 Å². The van der Waals surface area contributed by atoms with Crippen molar-refractivity contribution in [2.24, 2.45) is 0 Å². The Labute approximate surface area is 104 Å². The fraction of sp³-hybridized carbons (Fsp3) is 0.400.